The molecule has 1 aromatic rings. The van der Waals surface area contributed by atoms with Crippen molar-refractivity contribution in [3.63, 3.8) is 0 Å². The minimum atomic E-state index is -0.313. The largest absolute Gasteiger partial charge is 0.442 e. The van der Waals surface area contributed by atoms with Gasteiger partial charge >= 0.3 is 6.09 Å². The summed E-state index contributed by atoms with van der Waals surface area (Å²) in [6.07, 6.45) is 13.6. The van der Waals surface area contributed by atoms with E-state index in [2.05, 4.69) is 26.7 Å². The number of ether oxygens (including phenoxy) is 1. The second kappa shape index (κ2) is 12.6. The second-order valence-corrected chi connectivity index (χ2v) is 12.9. The number of aryl methyl sites for hydroxylation is 2. The van der Waals surface area contributed by atoms with Crippen molar-refractivity contribution in [2.45, 2.75) is 109 Å². The summed E-state index contributed by atoms with van der Waals surface area (Å²) in [6.45, 7) is 11.0. The Kier molecular flexibility index (Phi) is 9.18. The van der Waals surface area contributed by atoms with Crippen molar-refractivity contribution in [3.8, 4) is 0 Å². The predicted molar refractivity (Wildman–Crippen MR) is 156 cm³/mol. The highest BCUT2D eigenvalue weighted by Gasteiger charge is 2.50. The summed E-state index contributed by atoms with van der Waals surface area (Å²) in [5, 5.41) is 0. The zero-order chi connectivity index (χ0) is 28.3. The third-order valence-corrected chi connectivity index (χ3v) is 10.3. The minimum absolute atomic E-state index is 0.0108. The molecule has 1 spiro atoms. The Morgan fingerprint density at radius 1 is 1.00 bits per heavy atom. The molecule has 1 aromatic heterocycles. The zero-order valence-electron chi connectivity index (χ0n) is 25.0. The van der Waals surface area contributed by atoms with Crippen LogP contribution < -0.4 is 5.73 Å². The number of carbonyl (C=O) groups is 2. The zero-order valence-corrected chi connectivity index (χ0v) is 25.0. The fraction of sp³-hybridized carbons (Fsp3) is 0.806. The number of carbonyl (C=O) groups excluding carboxylic acids is 2. The van der Waals surface area contributed by atoms with Gasteiger partial charge in [0, 0.05) is 64.1 Å². The molecule has 4 fully saturated rings. The van der Waals surface area contributed by atoms with Crippen LogP contribution in [0.3, 0.4) is 0 Å². The van der Waals surface area contributed by atoms with Crippen LogP contribution >= 0.6 is 0 Å². The standard InChI is InChI=1S/C31H50N6O3/c1-4-5-11-25-21-37(20-24-9-7-6-8-10-24)30(39)40-31(25)14-18-35(19-15-31)26-12-16-36(17-13-26)28(38)27-22(2)33-29(32)34-23(27)3/h24-26H,4-21H2,1-3H3,(H2,32,33,34). The van der Waals surface area contributed by atoms with E-state index in [1.165, 1.54) is 44.9 Å². The predicted octanol–water partition coefficient (Wildman–Crippen LogP) is 4.95. The Morgan fingerprint density at radius 3 is 2.27 bits per heavy atom. The third-order valence-electron chi connectivity index (χ3n) is 10.3. The molecule has 0 radical (unpaired) electrons. The lowest BCUT2D eigenvalue weighted by Gasteiger charge is -2.52. The Balaban J connectivity index is 1.16. The van der Waals surface area contributed by atoms with Crippen molar-refractivity contribution in [1.29, 1.82) is 0 Å². The maximum Gasteiger partial charge on any atom is 0.410 e. The van der Waals surface area contributed by atoms with Crippen molar-refractivity contribution >= 4 is 17.9 Å². The number of nitrogens with zero attached hydrogens (tertiary/aromatic N) is 5. The van der Waals surface area contributed by atoms with Gasteiger partial charge in [-0.25, -0.2) is 14.8 Å². The van der Waals surface area contributed by atoms with Crippen LogP contribution in [0.5, 0.6) is 0 Å². The number of unbranched alkanes of at least 4 members (excludes halogenated alkanes) is 1. The van der Waals surface area contributed by atoms with Crippen LogP contribution in [0.15, 0.2) is 0 Å². The van der Waals surface area contributed by atoms with E-state index in [1.807, 2.05) is 18.7 Å². The van der Waals surface area contributed by atoms with E-state index in [0.717, 1.165) is 71.4 Å². The van der Waals surface area contributed by atoms with Crippen LogP contribution in [0.2, 0.25) is 0 Å². The maximum atomic E-state index is 13.3. The molecule has 1 saturated carbocycles. The number of likely N-dealkylation sites (tertiary alicyclic amines) is 2. The lowest BCUT2D eigenvalue weighted by molar-refractivity contribution is -0.127. The molecule has 1 atom stereocenters. The van der Waals surface area contributed by atoms with E-state index in [-0.39, 0.29) is 23.5 Å². The molecular weight excluding hydrogens is 504 g/mol. The first-order valence-electron chi connectivity index (χ1n) is 15.9. The van der Waals surface area contributed by atoms with Gasteiger partial charge in [0.25, 0.3) is 5.91 Å². The van der Waals surface area contributed by atoms with Gasteiger partial charge in [-0.2, -0.15) is 0 Å². The molecule has 2 N–H and O–H groups in total. The van der Waals surface area contributed by atoms with Gasteiger partial charge in [-0.05, 0) is 51.9 Å². The lowest BCUT2D eigenvalue weighted by Crippen LogP contribution is -2.61. The van der Waals surface area contributed by atoms with Gasteiger partial charge in [0.1, 0.15) is 5.60 Å². The molecule has 1 unspecified atom stereocenters. The summed E-state index contributed by atoms with van der Waals surface area (Å²) in [7, 11) is 0. The van der Waals surface area contributed by atoms with Crippen molar-refractivity contribution in [3.05, 3.63) is 17.0 Å². The van der Waals surface area contributed by atoms with Crippen LogP contribution in [0.4, 0.5) is 10.7 Å². The van der Waals surface area contributed by atoms with Crippen molar-refractivity contribution in [2.24, 2.45) is 11.8 Å². The fourth-order valence-corrected chi connectivity index (χ4v) is 7.89. The number of amides is 2. The number of anilines is 1. The first-order chi connectivity index (χ1) is 19.3. The van der Waals surface area contributed by atoms with Gasteiger partial charge in [-0.1, -0.05) is 39.0 Å². The summed E-state index contributed by atoms with van der Waals surface area (Å²) < 4.78 is 6.43. The van der Waals surface area contributed by atoms with E-state index in [4.69, 9.17) is 10.5 Å². The molecular formula is C31H50N6O3. The third kappa shape index (κ3) is 6.24. The molecule has 1 aliphatic carbocycles. The number of hydrogen-bond acceptors (Lipinski definition) is 7. The van der Waals surface area contributed by atoms with Crippen molar-refractivity contribution in [2.75, 3.05) is 45.0 Å². The maximum absolute atomic E-state index is 13.3. The van der Waals surface area contributed by atoms with Crippen LogP contribution in [-0.2, 0) is 4.74 Å². The Bertz CT molecular complexity index is 1020. The Morgan fingerprint density at radius 2 is 1.65 bits per heavy atom. The highest BCUT2D eigenvalue weighted by Crippen LogP contribution is 2.42. The molecule has 4 aliphatic rings. The summed E-state index contributed by atoms with van der Waals surface area (Å²) >= 11 is 0. The fourth-order valence-electron chi connectivity index (χ4n) is 7.89. The summed E-state index contributed by atoms with van der Waals surface area (Å²) in [5.74, 6) is 1.29. The summed E-state index contributed by atoms with van der Waals surface area (Å²) in [5.41, 5.74) is 7.33. The molecule has 9 heteroatoms. The van der Waals surface area contributed by atoms with Crippen molar-refractivity contribution in [1.82, 2.24) is 24.7 Å². The average molecular weight is 555 g/mol. The van der Waals surface area contributed by atoms with Crippen LogP contribution in [0.25, 0.3) is 0 Å². The number of nitrogens with two attached hydrogens (primary N) is 1. The number of aromatic nitrogens is 2. The molecule has 3 aliphatic heterocycles. The molecule has 5 rings (SSSR count). The topological polar surface area (TPSA) is 105 Å². The molecule has 4 heterocycles. The summed E-state index contributed by atoms with van der Waals surface area (Å²) in [4.78, 5) is 41.6. The smallest absolute Gasteiger partial charge is 0.410 e. The molecule has 0 bridgehead atoms. The highest BCUT2D eigenvalue weighted by atomic mass is 16.6. The quantitative estimate of drug-likeness (QED) is 0.508. The van der Waals surface area contributed by atoms with Gasteiger partial charge in [-0.3, -0.25) is 9.69 Å². The van der Waals surface area contributed by atoms with Crippen molar-refractivity contribution < 1.29 is 14.3 Å². The number of nitrogen functional groups attached to an aromatic ring is 1. The monoisotopic (exact) mass is 554 g/mol. The van der Waals surface area contributed by atoms with Crippen LogP contribution in [0.1, 0.15) is 106 Å². The normalized spacial score (nSPS) is 24.9. The van der Waals surface area contributed by atoms with Crippen LogP contribution in [0, 0.1) is 25.7 Å². The first kappa shape index (κ1) is 29.1. The first-order valence-corrected chi connectivity index (χ1v) is 15.9. The van der Waals surface area contributed by atoms with Crippen LogP contribution in [-0.4, -0.2) is 87.6 Å². The second-order valence-electron chi connectivity index (χ2n) is 12.9. The summed E-state index contributed by atoms with van der Waals surface area (Å²) in [6, 6.07) is 0.461. The molecule has 222 valence electrons. The molecule has 0 aromatic carbocycles. The van der Waals surface area contributed by atoms with E-state index in [0.29, 0.717) is 34.8 Å². The van der Waals surface area contributed by atoms with Gasteiger partial charge < -0.3 is 20.3 Å². The minimum Gasteiger partial charge on any atom is -0.442 e. The van der Waals surface area contributed by atoms with Gasteiger partial charge in [-0.15, -0.1) is 0 Å². The SMILES string of the molecule is CCCCC1CN(CC2CCCCC2)C(=O)OC12CCN(C1CCN(C(=O)c3c(C)nc(N)nc3C)CC1)CC2. The number of rotatable bonds is 7. The molecule has 3 saturated heterocycles. The van der Waals surface area contributed by atoms with Gasteiger partial charge in [0.2, 0.25) is 5.95 Å². The Hall–Kier alpha value is -2.42. The molecule has 9 nitrogen and oxygen atoms in total. The number of hydrogen-bond donors (Lipinski definition) is 1. The van der Waals surface area contributed by atoms with E-state index in [1.54, 1.807) is 0 Å². The van der Waals surface area contributed by atoms with E-state index < -0.39 is 0 Å². The lowest BCUT2D eigenvalue weighted by atomic mass is 9.75. The van der Waals surface area contributed by atoms with E-state index in [9.17, 15) is 9.59 Å². The van der Waals surface area contributed by atoms with Gasteiger partial charge in [0.15, 0.2) is 0 Å². The average Bonchev–Trinajstić information content (AvgIpc) is 2.94. The Labute approximate surface area is 240 Å². The van der Waals surface area contributed by atoms with Gasteiger partial charge in [0.05, 0.1) is 17.0 Å². The highest BCUT2D eigenvalue weighted by molar-refractivity contribution is 5.96. The molecule has 40 heavy (non-hydrogen) atoms. The number of piperidine rings is 2. The molecule has 2 amide bonds. The van der Waals surface area contributed by atoms with E-state index >= 15 is 0 Å².